The van der Waals surface area contributed by atoms with Crippen molar-refractivity contribution in [2.75, 3.05) is 0 Å². The molecule has 0 bridgehead atoms. The normalized spacial score (nSPS) is 12.7. The third kappa shape index (κ3) is 1.87. The quantitative estimate of drug-likeness (QED) is 0.804. The number of hydrogen-bond donors (Lipinski definition) is 1. The van der Waals surface area contributed by atoms with Crippen LogP contribution in [0, 0.1) is 0 Å². The second-order valence-electron chi connectivity index (χ2n) is 3.52. The first-order valence-electron chi connectivity index (χ1n) is 4.80. The number of ketones is 1. The molecule has 1 aromatic heterocycles. The standard InChI is InChI=1S/C12H12N2O/c1-8(15)12(13)11-7-6-9-4-2-3-5-10(9)14-11/h2-7,12H,13H2,1H3. The summed E-state index contributed by atoms with van der Waals surface area (Å²) in [5.74, 6) is -0.0715. The minimum Gasteiger partial charge on any atom is -0.317 e. The SMILES string of the molecule is CC(=O)C(N)c1ccc2ccccc2n1. The summed E-state index contributed by atoms with van der Waals surface area (Å²) in [5, 5.41) is 1.05. The van der Waals surface area contributed by atoms with E-state index in [0.29, 0.717) is 5.69 Å². The lowest BCUT2D eigenvalue weighted by Crippen LogP contribution is -2.19. The summed E-state index contributed by atoms with van der Waals surface area (Å²) in [6.45, 7) is 1.47. The molecule has 76 valence electrons. The van der Waals surface area contributed by atoms with Gasteiger partial charge in [-0.3, -0.25) is 9.78 Å². The van der Waals surface area contributed by atoms with Gasteiger partial charge in [0, 0.05) is 5.39 Å². The van der Waals surface area contributed by atoms with Gasteiger partial charge in [-0.2, -0.15) is 0 Å². The van der Waals surface area contributed by atoms with E-state index in [2.05, 4.69) is 4.98 Å². The highest BCUT2D eigenvalue weighted by Crippen LogP contribution is 2.15. The van der Waals surface area contributed by atoms with Gasteiger partial charge in [-0.25, -0.2) is 0 Å². The predicted molar refractivity (Wildman–Crippen MR) is 59.4 cm³/mol. The Hall–Kier alpha value is -1.74. The van der Waals surface area contributed by atoms with Gasteiger partial charge >= 0.3 is 0 Å². The molecule has 1 atom stereocenters. The third-order valence-corrected chi connectivity index (χ3v) is 2.38. The summed E-state index contributed by atoms with van der Waals surface area (Å²) in [6, 6.07) is 10.9. The monoisotopic (exact) mass is 200 g/mol. The number of carbonyl (C=O) groups is 1. The first-order chi connectivity index (χ1) is 7.18. The molecule has 2 rings (SSSR count). The summed E-state index contributed by atoms with van der Waals surface area (Å²) < 4.78 is 0. The van der Waals surface area contributed by atoms with Crippen LogP contribution in [0.5, 0.6) is 0 Å². The lowest BCUT2D eigenvalue weighted by atomic mass is 10.1. The lowest BCUT2D eigenvalue weighted by molar-refractivity contribution is -0.118. The van der Waals surface area contributed by atoms with E-state index in [4.69, 9.17) is 5.73 Å². The number of Topliss-reactive ketones (excluding diaryl/α,β-unsaturated/α-hetero) is 1. The number of nitrogens with zero attached hydrogens (tertiary/aromatic N) is 1. The molecule has 1 heterocycles. The van der Waals surface area contributed by atoms with Crippen molar-refractivity contribution in [2.45, 2.75) is 13.0 Å². The van der Waals surface area contributed by atoms with Crippen LogP contribution in [-0.2, 0) is 4.79 Å². The van der Waals surface area contributed by atoms with Gasteiger partial charge in [0.2, 0.25) is 0 Å². The molecule has 3 nitrogen and oxygen atoms in total. The molecule has 15 heavy (non-hydrogen) atoms. The molecule has 1 aromatic carbocycles. The number of benzene rings is 1. The Balaban J connectivity index is 2.51. The summed E-state index contributed by atoms with van der Waals surface area (Å²) in [4.78, 5) is 15.5. The summed E-state index contributed by atoms with van der Waals surface area (Å²) in [5.41, 5.74) is 7.21. The molecule has 0 saturated carbocycles. The molecule has 2 aromatic rings. The number of pyridine rings is 1. The molecule has 0 saturated heterocycles. The fraction of sp³-hybridized carbons (Fsp3) is 0.167. The van der Waals surface area contributed by atoms with Gasteiger partial charge in [-0.05, 0) is 19.1 Å². The van der Waals surface area contributed by atoms with Gasteiger partial charge in [0.15, 0.2) is 5.78 Å². The Labute approximate surface area is 87.9 Å². The number of aromatic nitrogens is 1. The highest BCUT2D eigenvalue weighted by atomic mass is 16.1. The van der Waals surface area contributed by atoms with Gasteiger partial charge in [-0.1, -0.05) is 24.3 Å². The van der Waals surface area contributed by atoms with Crippen LogP contribution >= 0.6 is 0 Å². The van der Waals surface area contributed by atoms with Crippen molar-refractivity contribution >= 4 is 16.7 Å². The van der Waals surface area contributed by atoms with Crippen molar-refractivity contribution in [2.24, 2.45) is 5.73 Å². The van der Waals surface area contributed by atoms with E-state index < -0.39 is 6.04 Å². The number of rotatable bonds is 2. The largest absolute Gasteiger partial charge is 0.317 e. The van der Waals surface area contributed by atoms with Crippen LogP contribution < -0.4 is 5.73 Å². The van der Waals surface area contributed by atoms with E-state index in [1.807, 2.05) is 30.3 Å². The molecule has 0 spiro atoms. The molecule has 0 aliphatic carbocycles. The number of nitrogens with two attached hydrogens (primary N) is 1. The molecule has 2 N–H and O–H groups in total. The molecular weight excluding hydrogens is 188 g/mol. The predicted octanol–water partition coefficient (Wildman–Crippen LogP) is 1.82. The molecule has 1 unspecified atom stereocenters. The number of hydrogen-bond acceptors (Lipinski definition) is 3. The van der Waals surface area contributed by atoms with Crippen LogP contribution in [0.2, 0.25) is 0 Å². The first-order valence-corrected chi connectivity index (χ1v) is 4.80. The molecule has 0 radical (unpaired) electrons. The zero-order chi connectivity index (χ0) is 10.8. The van der Waals surface area contributed by atoms with E-state index in [9.17, 15) is 4.79 Å². The molecular formula is C12H12N2O. The fourth-order valence-corrected chi connectivity index (χ4v) is 1.46. The highest BCUT2D eigenvalue weighted by Gasteiger charge is 2.12. The molecule has 0 fully saturated rings. The molecule has 0 aliphatic rings. The van der Waals surface area contributed by atoms with Crippen molar-refractivity contribution in [1.29, 1.82) is 0 Å². The van der Waals surface area contributed by atoms with E-state index in [0.717, 1.165) is 10.9 Å². The minimum absolute atomic E-state index is 0.0715. The van der Waals surface area contributed by atoms with Crippen LogP contribution in [0.3, 0.4) is 0 Å². The van der Waals surface area contributed by atoms with Crippen molar-refractivity contribution in [1.82, 2.24) is 4.98 Å². The minimum atomic E-state index is -0.616. The average molecular weight is 200 g/mol. The van der Waals surface area contributed by atoms with Crippen LogP contribution in [0.1, 0.15) is 18.7 Å². The Bertz CT molecular complexity index is 508. The van der Waals surface area contributed by atoms with E-state index in [-0.39, 0.29) is 5.78 Å². The van der Waals surface area contributed by atoms with E-state index >= 15 is 0 Å². The average Bonchev–Trinajstić information content (AvgIpc) is 2.27. The Kier molecular flexibility index (Phi) is 2.47. The van der Waals surface area contributed by atoms with Gasteiger partial charge < -0.3 is 5.73 Å². The summed E-state index contributed by atoms with van der Waals surface area (Å²) >= 11 is 0. The van der Waals surface area contributed by atoms with Gasteiger partial charge in [-0.15, -0.1) is 0 Å². The summed E-state index contributed by atoms with van der Waals surface area (Å²) in [7, 11) is 0. The van der Waals surface area contributed by atoms with Gasteiger partial charge in [0.1, 0.15) is 6.04 Å². The number of carbonyl (C=O) groups excluding carboxylic acids is 1. The Morgan fingerprint density at radius 1 is 1.27 bits per heavy atom. The van der Waals surface area contributed by atoms with Crippen LogP contribution in [0.15, 0.2) is 36.4 Å². The molecule has 0 amide bonds. The zero-order valence-electron chi connectivity index (χ0n) is 8.47. The smallest absolute Gasteiger partial charge is 0.152 e. The third-order valence-electron chi connectivity index (χ3n) is 2.38. The Morgan fingerprint density at radius 2 is 2.00 bits per heavy atom. The number of para-hydroxylation sites is 1. The van der Waals surface area contributed by atoms with Crippen molar-refractivity contribution in [3.8, 4) is 0 Å². The van der Waals surface area contributed by atoms with Crippen molar-refractivity contribution < 1.29 is 4.79 Å². The maximum atomic E-state index is 11.1. The molecule has 0 aliphatic heterocycles. The lowest BCUT2D eigenvalue weighted by Gasteiger charge is -2.07. The first kappa shape index (κ1) is 9.80. The highest BCUT2D eigenvalue weighted by molar-refractivity contribution is 5.84. The van der Waals surface area contributed by atoms with Crippen LogP contribution in [0.4, 0.5) is 0 Å². The fourth-order valence-electron chi connectivity index (χ4n) is 1.46. The van der Waals surface area contributed by atoms with Crippen molar-refractivity contribution in [3.05, 3.63) is 42.1 Å². The van der Waals surface area contributed by atoms with Gasteiger partial charge in [0.05, 0.1) is 11.2 Å². The Morgan fingerprint density at radius 3 is 2.73 bits per heavy atom. The van der Waals surface area contributed by atoms with Crippen molar-refractivity contribution in [3.63, 3.8) is 0 Å². The van der Waals surface area contributed by atoms with Crippen LogP contribution in [-0.4, -0.2) is 10.8 Å². The van der Waals surface area contributed by atoms with Gasteiger partial charge in [0.25, 0.3) is 0 Å². The molecule has 3 heteroatoms. The topological polar surface area (TPSA) is 56.0 Å². The number of fused-ring (bicyclic) bond motifs is 1. The second kappa shape index (κ2) is 3.79. The second-order valence-corrected chi connectivity index (χ2v) is 3.52. The maximum absolute atomic E-state index is 11.1. The van der Waals surface area contributed by atoms with E-state index in [1.54, 1.807) is 6.07 Å². The summed E-state index contributed by atoms with van der Waals surface area (Å²) in [6.07, 6.45) is 0. The van der Waals surface area contributed by atoms with E-state index in [1.165, 1.54) is 6.92 Å². The maximum Gasteiger partial charge on any atom is 0.152 e. The zero-order valence-corrected chi connectivity index (χ0v) is 8.47. The van der Waals surface area contributed by atoms with Crippen LogP contribution in [0.25, 0.3) is 10.9 Å².